The smallest absolute Gasteiger partial charge is 0.373 e. The second kappa shape index (κ2) is 8.16. The molecule has 0 bridgehead atoms. The average Bonchev–Trinajstić information content (AvgIpc) is 2.62. The first-order chi connectivity index (χ1) is 12.4. The van der Waals surface area contributed by atoms with Crippen LogP contribution < -0.4 is 10.5 Å². The van der Waals surface area contributed by atoms with Gasteiger partial charge in [0.05, 0.1) is 0 Å². The van der Waals surface area contributed by atoms with E-state index in [-0.39, 0.29) is 0 Å². The van der Waals surface area contributed by atoms with Crippen LogP contribution in [0.2, 0.25) is 5.82 Å². The van der Waals surface area contributed by atoms with E-state index in [9.17, 15) is 0 Å². The number of hydrogen-bond acceptors (Lipinski definition) is 2. The van der Waals surface area contributed by atoms with Gasteiger partial charge in [0, 0.05) is 16.8 Å². The van der Waals surface area contributed by atoms with Crippen molar-refractivity contribution in [1.82, 2.24) is 0 Å². The van der Waals surface area contributed by atoms with E-state index in [0.29, 0.717) is 6.98 Å². The summed E-state index contributed by atoms with van der Waals surface area (Å²) in [6.07, 6.45) is 15.5. The van der Waals surface area contributed by atoms with Crippen LogP contribution in [0.1, 0.15) is 70.6 Å². The molecule has 0 unspecified atom stereocenters. The molecule has 0 spiro atoms. The minimum atomic E-state index is 0.378. The van der Waals surface area contributed by atoms with Crippen molar-refractivity contribution in [2.45, 2.75) is 76.4 Å². The van der Waals surface area contributed by atoms with Gasteiger partial charge in [-0.05, 0) is 23.3 Å². The van der Waals surface area contributed by atoms with Crippen molar-refractivity contribution in [2.24, 2.45) is 0 Å². The second-order valence-electron chi connectivity index (χ2n) is 8.00. The third-order valence-electron chi connectivity index (χ3n) is 6.15. The Balaban J connectivity index is 1.50. The van der Waals surface area contributed by atoms with Crippen LogP contribution in [0.15, 0.2) is 36.4 Å². The molecule has 2 aromatic carbocycles. The van der Waals surface area contributed by atoms with Gasteiger partial charge < -0.3 is 10.5 Å². The number of nitrogens with one attached hydrogen (secondary N) is 2. The summed E-state index contributed by atoms with van der Waals surface area (Å²) in [5.41, 5.74) is 2.62. The normalized spacial score (nSPS) is 20.2. The quantitative estimate of drug-likeness (QED) is 0.558. The van der Waals surface area contributed by atoms with Crippen LogP contribution in [-0.4, -0.2) is 6.98 Å². The van der Waals surface area contributed by atoms with Crippen LogP contribution in [0, 0.1) is 0 Å². The topological polar surface area (TPSA) is 24.1 Å². The van der Waals surface area contributed by atoms with Crippen LogP contribution in [0.4, 0.5) is 11.4 Å². The lowest BCUT2D eigenvalue weighted by molar-refractivity contribution is 0.500. The molecule has 1 saturated carbocycles. The van der Waals surface area contributed by atoms with Gasteiger partial charge in [0.2, 0.25) is 0 Å². The van der Waals surface area contributed by atoms with E-state index < -0.39 is 0 Å². The van der Waals surface area contributed by atoms with Crippen LogP contribution in [-0.2, 0) is 0 Å². The SMILES string of the molecule is c1cc2c3c(cccc3c1)NB(C1CCCCCCCCCCC1)N2. The minimum absolute atomic E-state index is 0.378. The van der Waals surface area contributed by atoms with Gasteiger partial charge in [-0.25, -0.2) is 0 Å². The average molecular weight is 334 g/mol. The van der Waals surface area contributed by atoms with E-state index in [1.54, 1.807) is 0 Å². The molecule has 3 heteroatoms. The fourth-order valence-corrected chi connectivity index (χ4v) is 4.72. The highest BCUT2D eigenvalue weighted by molar-refractivity contribution is 6.69. The lowest BCUT2D eigenvalue weighted by Crippen LogP contribution is -2.41. The molecule has 2 nitrogen and oxygen atoms in total. The Kier molecular flexibility index (Phi) is 5.49. The molecule has 4 rings (SSSR count). The van der Waals surface area contributed by atoms with Crippen LogP contribution in [0.25, 0.3) is 10.8 Å². The van der Waals surface area contributed by atoms with Gasteiger partial charge in [-0.15, -0.1) is 0 Å². The van der Waals surface area contributed by atoms with Gasteiger partial charge in [0.15, 0.2) is 0 Å². The van der Waals surface area contributed by atoms with Crippen LogP contribution >= 0.6 is 0 Å². The van der Waals surface area contributed by atoms with E-state index in [1.807, 2.05) is 0 Å². The zero-order chi connectivity index (χ0) is 16.9. The zero-order valence-corrected chi connectivity index (χ0v) is 15.4. The maximum Gasteiger partial charge on any atom is 0.373 e. The summed E-state index contributed by atoms with van der Waals surface area (Å²) in [5.74, 6) is 0.725. The first-order valence-electron chi connectivity index (χ1n) is 10.5. The summed E-state index contributed by atoms with van der Waals surface area (Å²) in [7, 11) is 0. The summed E-state index contributed by atoms with van der Waals surface area (Å²) in [6, 6.07) is 13.3. The minimum Gasteiger partial charge on any atom is -0.409 e. The highest BCUT2D eigenvalue weighted by Gasteiger charge is 2.31. The fourth-order valence-electron chi connectivity index (χ4n) is 4.72. The Labute approximate surface area is 152 Å². The summed E-state index contributed by atoms with van der Waals surface area (Å²) < 4.78 is 0. The molecule has 2 aliphatic rings. The van der Waals surface area contributed by atoms with Crippen molar-refractivity contribution in [1.29, 1.82) is 0 Å². The molecule has 25 heavy (non-hydrogen) atoms. The first-order valence-corrected chi connectivity index (χ1v) is 10.5. The van der Waals surface area contributed by atoms with Crippen molar-refractivity contribution in [3.63, 3.8) is 0 Å². The van der Waals surface area contributed by atoms with Crippen molar-refractivity contribution in [3.8, 4) is 0 Å². The standard InChI is InChI=1S/C22H31BN2/c1-2-4-6-8-14-19(15-9-7-5-3-1)23-24-20-16-10-12-18-13-11-17-21(25-23)22(18)20/h10-13,16-17,19,24-25H,1-9,14-15H2. The second-order valence-corrected chi connectivity index (χ2v) is 8.00. The molecule has 0 aromatic heterocycles. The van der Waals surface area contributed by atoms with E-state index in [4.69, 9.17) is 0 Å². The summed E-state index contributed by atoms with van der Waals surface area (Å²) >= 11 is 0. The number of hydrogen-bond donors (Lipinski definition) is 2. The van der Waals surface area contributed by atoms with Crippen molar-refractivity contribution >= 4 is 29.1 Å². The largest absolute Gasteiger partial charge is 0.409 e. The molecular weight excluding hydrogens is 303 g/mol. The predicted octanol–water partition coefficient (Wildman–Crippen LogP) is 6.84. The number of rotatable bonds is 1. The molecular formula is C22H31BN2. The van der Waals surface area contributed by atoms with Gasteiger partial charge in [-0.2, -0.15) is 0 Å². The van der Waals surface area contributed by atoms with Gasteiger partial charge in [-0.1, -0.05) is 94.9 Å². The Morgan fingerprint density at radius 1 is 0.640 bits per heavy atom. The third-order valence-corrected chi connectivity index (χ3v) is 6.15. The fraction of sp³-hybridized carbons (Fsp3) is 0.545. The van der Waals surface area contributed by atoms with E-state index >= 15 is 0 Å². The molecule has 0 amide bonds. The molecule has 0 radical (unpaired) electrons. The van der Waals surface area contributed by atoms with E-state index in [1.165, 1.54) is 92.8 Å². The molecule has 132 valence electrons. The zero-order valence-electron chi connectivity index (χ0n) is 15.4. The molecule has 2 N–H and O–H groups in total. The molecule has 1 aliphatic carbocycles. The highest BCUT2D eigenvalue weighted by atomic mass is 15.0. The van der Waals surface area contributed by atoms with Crippen molar-refractivity contribution in [3.05, 3.63) is 36.4 Å². The van der Waals surface area contributed by atoms with Crippen molar-refractivity contribution in [2.75, 3.05) is 10.5 Å². The number of benzene rings is 2. The number of anilines is 2. The Bertz CT molecular complexity index is 647. The molecule has 2 aromatic rings. The summed E-state index contributed by atoms with van der Waals surface area (Å²) in [6.45, 7) is 0.378. The summed E-state index contributed by atoms with van der Waals surface area (Å²) in [5, 5.41) is 10.3. The van der Waals surface area contributed by atoms with Crippen molar-refractivity contribution < 1.29 is 0 Å². The summed E-state index contributed by atoms with van der Waals surface area (Å²) in [4.78, 5) is 0. The van der Waals surface area contributed by atoms with Gasteiger partial charge in [-0.3, -0.25) is 0 Å². The third kappa shape index (κ3) is 3.97. The predicted molar refractivity (Wildman–Crippen MR) is 111 cm³/mol. The van der Waals surface area contributed by atoms with E-state index in [2.05, 4.69) is 46.9 Å². The maximum absolute atomic E-state index is 3.83. The van der Waals surface area contributed by atoms with Gasteiger partial charge in [0.1, 0.15) is 0 Å². The highest BCUT2D eigenvalue weighted by Crippen LogP contribution is 2.38. The molecule has 1 fully saturated rings. The lowest BCUT2D eigenvalue weighted by Gasteiger charge is -2.32. The van der Waals surface area contributed by atoms with Gasteiger partial charge in [0.25, 0.3) is 0 Å². The molecule has 0 saturated heterocycles. The van der Waals surface area contributed by atoms with Crippen LogP contribution in [0.5, 0.6) is 0 Å². The van der Waals surface area contributed by atoms with Crippen LogP contribution in [0.3, 0.4) is 0 Å². The monoisotopic (exact) mass is 334 g/mol. The first kappa shape index (κ1) is 16.8. The molecule has 1 aliphatic heterocycles. The van der Waals surface area contributed by atoms with E-state index in [0.717, 1.165) is 5.82 Å². The lowest BCUT2D eigenvalue weighted by atomic mass is 9.57. The molecule has 0 atom stereocenters. The molecule has 1 heterocycles. The Morgan fingerprint density at radius 2 is 1.12 bits per heavy atom. The Hall–Kier alpha value is -1.64. The Morgan fingerprint density at radius 3 is 1.64 bits per heavy atom. The maximum atomic E-state index is 3.83. The van der Waals surface area contributed by atoms with Gasteiger partial charge >= 0.3 is 6.98 Å².